The molecule has 1 N–H and O–H groups in total. The Morgan fingerprint density at radius 1 is 1.15 bits per heavy atom. The van der Waals surface area contributed by atoms with Crippen LogP contribution in [0.5, 0.6) is 0 Å². The molecule has 2 atom stereocenters. The third kappa shape index (κ3) is 3.41. The van der Waals surface area contributed by atoms with Crippen molar-refractivity contribution in [3.8, 4) is 5.69 Å². The molecule has 2 aliphatic heterocycles. The third-order valence-electron chi connectivity index (χ3n) is 5.74. The zero-order valence-electron chi connectivity index (χ0n) is 14.8. The number of hydrogen-bond acceptors (Lipinski definition) is 3. The molecule has 0 radical (unpaired) electrons. The summed E-state index contributed by atoms with van der Waals surface area (Å²) in [6.45, 7) is 3.97. The number of rotatable bonds is 5. The van der Waals surface area contributed by atoms with E-state index < -0.39 is 11.6 Å². The van der Waals surface area contributed by atoms with E-state index in [0.717, 1.165) is 37.8 Å². The normalized spacial score (nSPS) is 24.1. The number of fused-ring (bicyclic) bond motifs is 1. The highest BCUT2D eigenvalue weighted by atomic mass is 19.1. The van der Waals surface area contributed by atoms with E-state index in [-0.39, 0.29) is 6.61 Å². The van der Waals surface area contributed by atoms with E-state index >= 15 is 0 Å². The number of aliphatic hydroxyl groups is 1. The SMILES string of the molecule is OCC[C@H]1CN2CCC[C@@H]2CN1Cc1cccn1-c1ccc(F)cc1F. The van der Waals surface area contributed by atoms with Crippen LogP contribution in [-0.2, 0) is 6.54 Å². The molecule has 2 fully saturated rings. The summed E-state index contributed by atoms with van der Waals surface area (Å²) in [5.41, 5.74) is 1.34. The van der Waals surface area contributed by atoms with Crippen molar-refractivity contribution in [2.45, 2.75) is 37.9 Å². The van der Waals surface area contributed by atoms with Crippen LogP contribution in [0, 0.1) is 11.6 Å². The van der Waals surface area contributed by atoms with E-state index in [1.54, 1.807) is 4.57 Å². The van der Waals surface area contributed by atoms with Gasteiger partial charge in [-0.05, 0) is 50.1 Å². The molecule has 2 aromatic rings. The highest BCUT2D eigenvalue weighted by Crippen LogP contribution is 2.28. The summed E-state index contributed by atoms with van der Waals surface area (Å²) in [5, 5.41) is 9.46. The summed E-state index contributed by atoms with van der Waals surface area (Å²) in [7, 11) is 0. The van der Waals surface area contributed by atoms with Crippen molar-refractivity contribution in [2.75, 3.05) is 26.2 Å². The number of benzene rings is 1. The van der Waals surface area contributed by atoms with Crippen LogP contribution in [0.3, 0.4) is 0 Å². The zero-order valence-corrected chi connectivity index (χ0v) is 14.8. The number of hydrogen-bond donors (Lipinski definition) is 1. The lowest BCUT2D eigenvalue weighted by molar-refractivity contribution is 0.0323. The quantitative estimate of drug-likeness (QED) is 0.889. The lowest BCUT2D eigenvalue weighted by Gasteiger charge is -2.43. The topological polar surface area (TPSA) is 31.6 Å². The fraction of sp³-hybridized carbons (Fsp3) is 0.500. The van der Waals surface area contributed by atoms with Crippen molar-refractivity contribution in [3.63, 3.8) is 0 Å². The molecular formula is C20H25F2N3O. The Morgan fingerprint density at radius 2 is 2.04 bits per heavy atom. The highest BCUT2D eigenvalue weighted by Gasteiger charge is 2.36. The van der Waals surface area contributed by atoms with Gasteiger partial charge in [0.05, 0.1) is 5.69 Å². The molecule has 2 saturated heterocycles. The van der Waals surface area contributed by atoms with Gasteiger partial charge in [-0.1, -0.05) is 0 Å². The molecule has 4 nitrogen and oxygen atoms in total. The van der Waals surface area contributed by atoms with E-state index in [2.05, 4.69) is 9.80 Å². The maximum Gasteiger partial charge on any atom is 0.150 e. The second kappa shape index (κ2) is 7.47. The fourth-order valence-corrected chi connectivity index (χ4v) is 4.43. The average molecular weight is 361 g/mol. The summed E-state index contributed by atoms with van der Waals surface area (Å²) >= 11 is 0. The van der Waals surface area contributed by atoms with E-state index in [4.69, 9.17) is 0 Å². The number of nitrogens with zero attached hydrogens (tertiary/aromatic N) is 3. The van der Waals surface area contributed by atoms with E-state index in [1.165, 1.54) is 25.0 Å². The van der Waals surface area contributed by atoms with Crippen LogP contribution in [0.4, 0.5) is 8.78 Å². The first-order valence-corrected chi connectivity index (χ1v) is 9.36. The Morgan fingerprint density at radius 3 is 2.85 bits per heavy atom. The summed E-state index contributed by atoms with van der Waals surface area (Å²) in [5.74, 6) is -1.13. The predicted octanol–water partition coefficient (Wildman–Crippen LogP) is 2.79. The van der Waals surface area contributed by atoms with Gasteiger partial charge in [-0.25, -0.2) is 8.78 Å². The minimum absolute atomic E-state index is 0.174. The predicted molar refractivity (Wildman–Crippen MR) is 96.2 cm³/mol. The van der Waals surface area contributed by atoms with Gasteiger partial charge in [-0.15, -0.1) is 0 Å². The number of aliphatic hydroxyl groups excluding tert-OH is 1. The lowest BCUT2D eigenvalue weighted by atomic mass is 10.0. The molecule has 26 heavy (non-hydrogen) atoms. The number of piperazine rings is 1. The Hall–Kier alpha value is -1.76. The third-order valence-corrected chi connectivity index (χ3v) is 5.74. The molecule has 0 bridgehead atoms. The van der Waals surface area contributed by atoms with Crippen LogP contribution in [0.15, 0.2) is 36.5 Å². The van der Waals surface area contributed by atoms with Crippen LogP contribution >= 0.6 is 0 Å². The summed E-state index contributed by atoms with van der Waals surface area (Å²) in [4.78, 5) is 4.95. The van der Waals surface area contributed by atoms with E-state index in [9.17, 15) is 13.9 Å². The molecule has 0 spiro atoms. The minimum Gasteiger partial charge on any atom is -0.396 e. The van der Waals surface area contributed by atoms with Gasteiger partial charge in [0, 0.05) is 56.3 Å². The van der Waals surface area contributed by atoms with Gasteiger partial charge >= 0.3 is 0 Å². The second-order valence-electron chi connectivity index (χ2n) is 7.35. The van der Waals surface area contributed by atoms with Crippen molar-refractivity contribution >= 4 is 0 Å². The standard InChI is InChI=1S/C20H25F2N3O/c21-15-5-6-20(19(22)11-15)25-9-2-4-18(25)14-24-13-16-3-1-8-23(16)12-17(24)7-10-26/h2,4-6,9,11,16-17,26H,1,3,7-8,10,12-14H2/t16-,17+/m1/s1. The van der Waals surface area contributed by atoms with Crippen molar-refractivity contribution < 1.29 is 13.9 Å². The largest absolute Gasteiger partial charge is 0.396 e. The summed E-state index contributed by atoms with van der Waals surface area (Å²) in [6.07, 6.45) is 5.02. The van der Waals surface area contributed by atoms with Crippen LogP contribution in [0.1, 0.15) is 25.0 Å². The second-order valence-corrected chi connectivity index (χ2v) is 7.35. The van der Waals surface area contributed by atoms with Gasteiger partial charge in [-0.2, -0.15) is 0 Å². The first-order chi connectivity index (χ1) is 12.7. The maximum atomic E-state index is 14.2. The first kappa shape index (κ1) is 17.6. The summed E-state index contributed by atoms with van der Waals surface area (Å²) in [6, 6.07) is 8.45. The minimum atomic E-state index is -0.569. The average Bonchev–Trinajstić information content (AvgIpc) is 3.24. The van der Waals surface area contributed by atoms with Crippen LogP contribution < -0.4 is 0 Å². The van der Waals surface area contributed by atoms with Gasteiger partial charge in [0.15, 0.2) is 0 Å². The van der Waals surface area contributed by atoms with Gasteiger partial charge in [0.2, 0.25) is 0 Å². The van der Waals surface area contributed by atoms with Crippen molar-refractivity contribution in [1.29, 1.82) is 0 Å². The van der Waals surface area contributed by atoms with Gasteiger partial charge in [-0.3, -0.25) is 9.80 Å². The van der Waals surface area contributed by atoms with Gasteiger partial charge in [0.25, 0.3) is 0 Å². The molecule has 2 aliphatic rings. The Balaban J connectivity index is 1.57. The molecule has 0 amide bonds. The van der Waals surface area contributed by atoms with Gasteiger partial charge < -0.3 is 9.67 Å². The molecular weight excluding hydrogens is 336 g/mol. The first-order valence-electron chi connectivity index (χ1n) is 9.36. The number of aromatic nitrogens is 1. The molecule has 1 aromatic heterocycles. The van der Waals surface area contributed by atoms with Crippen molar-refractivity contribution in [1.82, 2.24) is 14.4 Å². The Bertz CT molecular complexity index is 763. The maximum absolute atomic E-state index is 14.2. The highest BCUT2D eigenvalue weighted by molar-refractivity contribution is 5.37. The molecule has 0 unspecified atom stereocenters. The molecule has 1 aromatic carbocycles. The molecule has 4 rings (SSSR count). The van der Waals surface area contributed by atoms with Crippen LogP contribution in [0.2, 0.25) is 0 Å². The van der Waals surface area contributed by atoms with Crippen LogP contribution in [0.25, 0.3) is 5.69 Å². The Kier molecular flexibility index (Phi) is 5.07. The van der Waals surface area contributed by atoms with E-state index in [1.807, 2.05) is 18.3 Å². The molecule has 3 heterocycles. The molecule has 0 saturated carbocycles. The smallest absolute Gasteiger partial charge is 0.150 e. The molecule has 140 valence electrons. The monoisotopic (exact) mass is 361 g/mol. The molecule has 6 heteroatoms. The van der Waals surface area contributed by atoms with Crippen molar-refractivity contribution in [2.24, 2.45) is 0 Å². The molecule has 0 aliphatic carbocycles. The lowest BCUT2D eigenvalue weighted by Crippen LogP contribution is -2.55. The van der Waals surface area contributed by atoms with E-state index in [0.29, 0.717) is 24.3 Å². The fourth-order valence-electron chi connectivity index (χ4n) is 4.43. The zero-order chi connectivity index (χ0) is 18.1. The van der Waals surface area contributed by atoms with Gasteiger partial charge in [0.1, 0.15) is 11.6 Å². The number of halogens is 2. The summed E-state index contributed by atoms with van der Waals surface area (Å²) < 4.78 is 29.3. The van der Waals surface area contributed by atoms with Crippen molar-refractivity contribution in [3.05, 3.63) is 53.9 Å². The Labute approximate surface area is 152 Å². The van der Waals surface area contributed by atoms with Crippen LogP contribution in [-0.4, -0.2) is 57.8 Å².